The summed E-state index contributed by atoms with van der Waals surface area (Å²) < 4.78 is 10.3. The zero-order valence-electron chi connectivity index (χ0n) is 13.5. The largest absolute Gasteiger partial charge is 0.497 e. The predicted molar refractivity (Wildman–Crippen MR) is 85.6 cm³/mol. The van der Waals surface area contributed by atoms with Gasteiger partial charge in [-0.1, -0.05) is 12.2 Å². The van der Waals surface area contributed by atoms with Gasteiger partial charge in [0, 0.05) is 6.54 Å². The van der Waals surface area contributed by atoms with Gasteiger partial charge in [0.05, 0.1) is 18.7 Å². The van der Waals surface area contributed by atoms with Crippen molar-refractivity contribution in [2.45, 2.75) is 32.8 Å². The van der Waals surface area contributed by atoms with Crippen LogP contribution in [0.5, 0.6) is 5.75 Å². The number of rotatable bonds is 5. The number of nitriles is 1. The molecule has 1 aromatic carbocycles. The van der Waals surface area contributed by atoms with Crippen LogP contribution in [0.2, 0.25) is 0 Å². The number of alkyl carbamates (subject to hydrolysis) is 1. The molecule has 0 heterocycles. The van der Waals surface area contributed by atoms with E-state index in [9.17, 15) is 4.79 Å². The van der Waals surface area contributed by atoms with Gasteiger partial charge in [-0.25, -0.2) is 4.79 Å². The van der Waals surface area contributed by atoms with Crippen LogP contribution < -0.4 is 10.1 Å². The number of nitrogens with one attached hydrogen (secondary N) is 1. The fourth-order valence-electron chi connectivity index (χ4n) is 1.69. The van der Waals surface area contributed by atoms with E-state index >= 15 is 0 Å². The number of carbonyl (C=O) groups is 1. The molecule has 0 atom stereocenters. The lowest BCUT2D eigenvalue weighted by atomic mass is 10.1. The van der Waals surface area contributed by atoms with Crippen LogP contribution in [-0.4, -0.2) is 25.3 Å². The molecule has 1 N–H and O–H groups in total. The Morgan fingerprint density at radius 3 is 2.73 bits per heavy atom. The van der Waals surface area contributed by atoms with Crippen molar-refractivity contribution in [1.29, 1.82) is 5.26 Å². The highest BCUT2D eigenvalue weighted by Gasteiger charge is 2.15. The van der Waals surface area contributed by atoms with Gasteiger partial charge in [-0.3, -0.25) is 0 Å². The lowest BCUT2D eigenvalue weighted by Gasteiger charge is -2.19. The highest BCUT2D eigenvalue weighted by Crippen LogP contribution is 2.18. The Bertz CT molecular complexity index is 581. The highest BCUT2D eigenvalue weighted by atomic mass is 16.6. The van der Waals surface area contributed by atoms with Crippen LogP contribution in [-0.2, 0) is 4.74 Å². The van der Waals surface area contributed by atoms with Crippen molar-refractivity contribution in [2.75, 3.05) is 13.7 Å². The Balaban J connectivity index is 2.50. The van der Waals surface area contributed by atoms with Gasteiger partial charge in [0.15, 0.2) is 0 Å². The molecular weight excluding hydrogens is 280 g/mol. The Morgan fingerprint density at radius 1 is 1.41 bits per heavy atom. The molecule has 22 heavy (non-hydrogen) atoms. The van der Waals surface area contributed by atoms with Crippen LogP contribution in [0.25, 0.3) is 6.08 Å². The van der Waals surface area contributed by atoms with Gasteiger partial charge in [0.25, 0.3) is 0 Å². The van der Waals surface area contributed by atoms with E-state index in [1.807, 2.05) is 32.9 Å². The van der Waals surface area contributed by atoms with Gasteiger partial charge in [-0.2, -0.15) is 5.26 Å². The van der Waals surface area contributed by atoms with Crippen LogP contribution in [0.1, 0.15) is 38.3 Å². The normalized spacial score (nSPS) is 11.0. The van der Waals surface area contributed by atoms with E-state index in [4.69, 9.17) is 14.7 Å². The first-order valence-corrected chi connectivity index (χ1v) is 7.07. The minimum absolute atomic E-state index is 0.431. The van der Waals surface area contributed by atoms with Gasteiger partial charge in [-0.05, 0) is 51.0 Å². The second-order valence-corrected chi connectivity index (χ2v) is 5.68. The molecule has 0 saturated heterocycles. The lowest BCUT2D eigenvalue weighted by molar-refractivity contribution is 0.0529. The van der Waals surface area contributed by atoms with Crippen molar-refractivity contribution in [2.24, 2.45) is 0 Å². The van der Waals surface area contributed by atoms with Crippen molar-refractivity contribution < 1.29 is 14.3 Å². The maximum Gasteiger partial charge on any atom is 0.407 e. The molecule has 1 amide bonds. The zero-order chi connectivity index (χ0) is 16.6. The number of nitrogens with zero attached hydrogens (tertiary/aromatic N) is 1. The van der Waals surface area contributed by atoms with Gasteiger partial charge in [0.2, 0.25) is 0 Å². The second-order valence-electron chi connectivity index (χ2n) is 5.68. The van der Waals surface area contributed by atoms with Gasteiger partial charge in [0.1, 0.15) is 11.4 Å². The Kier molecular flexibility index (Phi) is 6.46. The monoisotopic (exact) mass is 302 g/mol. The molecule has 118 valence electrons. The van der Waals surface area contributed by atoms with E-state index in [2.05, 4.69) is 11.4 Å². The summed E-state index contributed by atoms with van der Waals surface area (Å²) in [6.45, 7) is 5.92. The number of benzene rings is 1. The zero-order valence-corrected chi connectivity index (χ0v) is 13.5. The Hall–Kier alpha value is -2.48. The third-order valence-corrected chi connectivity index (χ3v) is 2.66. The van der Waals surface area contributed by atoms with E-state index in [0.29, 0.717) is 24.3 Å². The molecule has 0 spiro atoms. The van der Waals surface area contributed by atoms with Crippen LogP contribution >= 0.6 is 0 Å². The van der Waals surface area contributed by atoms with E-state index in [0.717, 1.165) is 5.56 Å². The maximum atomic E-state index is 11.5. The third kappa shape index (κ3) is 6.31. The summed E-state index contributed by atoms with van der Waals surface area (Å²) in [7, 11) is 1.58. The van der Waals surface area contributed by atoms with Crippen LogP contribution in [0.15, 0.2) is 24.3 Å². The summed E-state index contributed by atoms with van der Waals surface area (Å²) in [4.78, 5) is 11.5. The summed E-state index contributed by atoms with van der Waals surface area (Å²) >= 11 is 0. The molecule has 0 unspecified atom stereocenters. The predicted octanol–water partition coefficient (Wildman–Crippen LogP) is 3.49. The number of hydrogen-bond donors (Lipinski definition) is 1. The van der Waals surface area contributed by atoms with E-state index in [1.165, 1.54) is 0 Å². The molecule has 0 aliphatic rings. The molecule has 1 aromatic rings. The number of hydrogen-bond acceptors (Lipinski definition) is 4. The first-order chi connectivity index (χ1) is 10.4. The van der Waals surface area contributed by atoms with Gasteiger partial charge >= 0.3 is 6.09 Å². The standard InChI is InChI=1S/C17H22N2O3/c1-17(2,3)22-16(20)19-10-6-5-7-13-11-15(21-4)9-8-14(13)12-18/h5,7-9,11H,6,10H2,1-4H3,(H,19,20). The van der Waals surface area contributed by atoms with Crippen molar-refractivity contribution >= 4 is 12.2 Å². The lowest BCUT2D eigenvalue weighted by Crippen LogP contribution is -2.32. The summed E-state index contributed by atoms with van der Waals surface area (Å²) in [5, 5.41) is 11.7. The van der Waals surface area contributed by atoms with Crippen molar-refractivity contribution in [3.8, 4) is 11.8 Å². The third-order valence-electron chi connectivity index (χ3n) is 2.66. The van der Waals surface area contributed by atoms with Crippen molar-refractivity contribution in [1.82, 2.24) is 5.32 Å². The van der Waals surface area contributed by atoms with E-state index < -0.39 is 11.7 Å². The Morgan fingerprint density at radius 2 is 2.14 bits per heavy atom. The molecule has 0 aliphatic heterocycles. The van der Waals surface area contributed by atoms with Crippen molar-refractivity contribution in [3.05, 3.63) is 35.4 Å². The smallest absolute Gasteiger partial charge is 0.407 e. The summed E-state index contributed by atoms with van der Waals surface area (Å²) in [5.74, 6) is 0.700. The molecule has 0 bridgehead atoms. The molecule has 0 aliphatic carbocycles. The highest BCUT2D eigenvalue weighted by molar-refractivity contribution is 5.67. The minimum atomic E-state index is -0.498. The van der Waals surface area contributed by atoms with Gasteiger partial charge in [-0.15, -0.1) is 0 Å². The topological polar surface area (TPSA) is 71.3 Å². The summed E-state index contributed by atoms with van der Waals surface area (Å²) in [6.07, 6.45) is 3.95. The summed E-state index contributed by atoms with van der Waals surface area (Å²) in [5.41, 5.74) is 0.874. The first-order valence-electron chi connectivity index (χ1n) is 7.07. The number of amides is 1. The molecule has 0 radical (unpaired) electrons. The molecular formula is C17H22N2O3. The van der Waals surface area contributed by atoms with Crippen LogP contribution in [0.4, 0.5) is 4.79 Å². The SMILES string of the molecule is COc1ccc(C#N)c(C=CCCNC(=O)OC(C)(C)C)c1. The number of carbonyl (C=O) groups excluding carboxylic acids is 1. The van der Waals surface area contributed by atoms with E-state index in [-0.39, 0.29) is 0 Å². The van der Waals surface area contributed by atoms with Gasteiger partial charge < -0.3 is 14.8 Å². The maximum absolute atomic E-state index is 11.5. The van der Waals surface area contributed by atoms with Crippen molar-refractivity contribution in [3.63, 3.8) is 0 Å². The van der Waals surface area contributed by atoms with Crippen LogP contribution in [0, 0.1) is 11.3 Å². The Labute approximate surface area is 131 Å². The minimum Gasteiger partial charge on any atom is -0.497 e. The molecule has 5 nitrogen and oxygen atoms in total. The average molecular weight is 302 g/mol. The molecule has 0 saturated carbocycles. The number of ether oxygens (including phenoxy) is 2. The quantitative estimate of drug-likeness (QED) is 0.845. The molecule has 0 fully saturated rings. The number of methoxy groups -OCH3 is 1. The molecule has 1 rings (SSSR count). The second kappa shape index (κ2) is 8.08. The summed E-state index contributed by atoms with van der Waals surface area (Å²) in [6, 6.07) is 7.41. The fraction of sp³-hybridized carbons (Fsp3) is 0.412. The van der Waals surface area contributed by atoms with Crippen LogP contribution in [0.3, 0.4) is 0 Å². The average Bonchev–Trinajstić information content (AvgIpc) is 2.44. The first kappa shape index (κ1) is 17.6. The fourth-order valence-corrected chi connectivity index (χ4v) is 1.69. The molecule has 5 heteroatoms. The molecule has 0 aromatic heterocycles. The van der Waals surface area contributed by atoms with E-state index in [1.54, 1.807) is 25.3 Å².